The van der Waals surface area contributed by atoms with Crippen molar-refractivity contribution in [1.29, 1.82) is 0 Å². The van der Waals surface area contributed by atoms with Crippen LogP contribution in [-0.4, -0.2) is 50.1 Å². The number of esters is 2. The van der Waals surface area contributed by atoms with Crippen LogP contribution in [0.4, 0.5) is 0 Å². The van der Waals surface area contributed by atoms with Gasteiger partial charge in [0.05, 0.1) is 29.0 Å². The number of carbonyl (C=O) groups excluding carboxylic acids is 3. The Morgan fingerprint density at radius 2 is 1.88 bits per heavy atom. The van der Waals surface area contributed by atoms with Gasteiger partial charge < -0.3 is 29.6 Å². The van der Waals surface area contributed by atoms with Crippen molar-refractivity contribution in [1.82, 2.24) is 19.9 Å². The fraction of sp³-hybridized carbons (Fsp3) is 0.387. The molecule has 0 aliphatic carbocycles. The Balaban J connectivity index is 1.32. The monoisotopic (exact) mass is 571 g/mol. The largest absolute Gasteiger partial charge is 0.784 e. The van der Waals surface area contributed by atoms with Gasteiger partial charge in [-0.1, -0.05) is 31.2 Å². The van der Waals surface area contributed by atoms with E-state index in [0.717, 1.165) is 21.5 Å². The molecule has 0 saturated carbocycles. The van der Waals surface area contributed by atoms with Crippen molar-refractivity contribution in [3.8, 4) is 11.4 Å². The molecule has 0 fully saturated rings. The number of rotatable bonds is 5. The number of aromatic nitrogens is 2. The van der Waals surface area contributed by atoms with E-state index in [1.165, 1.54) is 0 Å². The third-order valence-corrected chi connectivity index (χ3v) is 8.50. The predicted molar refractivity (Wildman–Crippen MR) is 153 cm³/mol. The third kappa shape index (κ3) is 3.98. The van der Waals surface area contributed by atoms with Gasteiger partial charge in [0.2, 0.25) is 11.5 Å². The molecule has 218 valence electrons. The molecule has 42 heavy (non-hydrogen) atoms. The Bertz CT molecular complexity index is 1790. The highest BCUT2D eigenvalue weighted by Crippen LogP contribution is 2.41. The van der Waals surface area contributed by atoms with Crippen LogP contribution in [0.1, 0.15) is 57.7 Å². The molecule has 0 saturated heterocycles. The van der Waals surface area contributed by atoms with Gasteiger partial charge in [-0.25, -0.2) is 9.78 Å². The fourth-order valence-electron chi connectivity index (χ4n) is 6.32. The van der Waals surface area contributed by atoms with Crippen molar-refractivity contribution in [3.63, 3.8) is 0 Å². The van der Waals surface area contributed by atoms with E-state index in [9.17, 15) is 24.4 Å². The number of para-hydroxylation sites is 1. The molecule has 6 rings (SSSR count). The lowest BCUT2D eigenvalue weighted by atomic mass is 9.85. The third-order valence-electron chi connectivity index (χ3n) is 8.50. The van der Waals surface area contributed by atoms with Gasteiger partial charge in [0.1, 0.15) is 13.2 Å². The zero-order chi connectivity index (χ0) is 30.2. The maximum atomic E-state index is 13.7. The maximum absolute atomic E-state index is 13.7. The highest BCUT2D eigenvalue weighted by molar-refractivity contribution is 5.98. The molecule has 3 aliphatic rings. The number of cyclic esters (lactones) is 1. The summed E-state index contributed by atoms with van der Waals surface area (Å²) in [5.41, 5.74) is -0.746. The highest BCUT2D eigenvalue weighted by atomic mass is 16.6. The van der Waals surface area contributed by atoms with E-state index in [-0.39, 0.29) is 35.3 Å². The number of amides is 1. The van der Waals surface area contributed by atoms with Crippen LogP contribution in [0.5, 0.6) is 0 Å². The molecule has 3 aliphatic heterocycles. The molecule has 5 heterocycles. The van der Waals surface area contributed by atoms with Crippen molar-refractivity contribution in [2.75, 3.05) is 6.54 Å². The van der Waals surface area contributed by atoms with E-state index in [1.54, 1.807) is 51.3 Å². The van der Waals surface area contributed by atoms with Gasteiger partial charge in [0.25, 0.3) is 5.56 Å². The standard InChI is InChI=1S/C31H31N4O7/c1-6-31(42-24(36)14-32-26(37)21-13-29(2,3)35(40)30(21,4)5)20-12-23-25-18(11-17-9-7-8-10-22(17)33-25)15-34(23)27(38)19(20)16-41-28(31)39/h7-13H,6,14-16H2,1-5H3,(H,32,37)/q-1/t31-/m0/s1. The number of nitrogens with zero attached hydrogens (tertiary/aromatic N) is 3. The minimum atomic E-state index is -1.89. The lowest BCUT2D eigenvalue weighted by Gasteiger charge is -2.47. The van der Waals surface area contributed by atoms with Crippen LogP contribution in [0.15, 0.2) is 52.8 Å². The average molecular weight is 572 g/mol. The molecule has 1 aromatic carbocycles. The van der Waals surface area contributed by atoms with Crippen LogP contribution < -0.4 is 10.9 Å². The number of pyridine rings is 2. The van der Waals surface area contributed by atoms with E-state index in [0.29, 0.717) is 17.9 Å². The summed E-state index contributed by atoms with van der Waals surface area (Å²) < 4.78 is 12.8. The van der Waals surface area contributed by atoms with Crippen molar-refractivity contribution < 1.29 is 23.9 Å². The maximum Gasteiger partial charge on any atom is 0.355 e. The second-order valence-electron chi connectivity index (χ2n) is 12.0. The van der Waals surface area contributed by atoms with E-state index in [1.807, 2.05) is 30.3 Å². The first-order valence-corrected chi connectivity index (χ1v) is 13.8. The van der Waals surface area contributed by atoms with E-state index >= 15 is 0 Å². The first-order valence-electron chi connectivity index (χ1n) is 13.8. The highest BCUT2D eigenvalue weighted by Gasteiger charge is 2.50. The van der Waals surface area contributed by atoms with Gasteiger partial charge in [-0.3, -0.25) is 14.4 Å². The number of benzene rings is 1. The summed E-state index contributed by atoms with van der Waals surface area (Å²) in [6.45, 7) is 7.82. The lowest BCUT2D eigenvalue weighted by Crippen LogP contribution is -2.50. The second kappa shape index (κ2) is 9.33. The predicted octanol–water partition coefficient (Wildman–Crippen LogP) is 3.04. The van der Waals surface area contributed by atoms with Crippen LogP contribution in [0, 0.1) is 5.21 Å². The van der Waals surface area contributed by atoms with Crippen LogP contribution in [0.2, 0.25) is 0 Å². The van der Waals surface area contributed by atoms with Gasteiger partial charge in [0.15, 0.2) is 0 Å². The first kappa shape index (κ1) is 27.8. The first-order chi connectivity index (χ1) is 19.8. The molecule has 0 bridgehead atoms. The van der Waals surface area contributed by atoms with E-state index in [2.05, 4.69) is 5.32 Å². The Morgan fingerprint density at radius 1 is 1.14 bits per heavy atom. The van der Waals surface area contributed by atoms with Gasteiger partial charge in [-0.2, -0.15) is 0 Å². The molecule has 2 aromatic heterocycles. The van der Waals surface area contributed by atoms with Gasteiger partial charge >= 0.3 is 11.9 Å². The molecule has 3 aromatic rings. The summed E-state index contributed by atoms with van der Waals surface area (Å²) in [6.07, 6.45) is 1.57. The molecule has 1 N–H and O–H groups in total. The van der Waals surface area contributed by atoms with Crippen LogP contribution in [-0.2, 0) is 42.6 Å². The van der Waals surface area contributed by atoms with Crippen LogP contribution >= 0.6 is 0 Å². The van der Waals surface area contributed by atoms with Crippen molar-refractivity contribution in [3.05, 3.63) is 80.3 Å². The molecule has 1 amide bonds. The Hall–Kier alpha value is -4.35. The molecule has 0 unspecified atom stereocenters. The Kier molecular flexibility index (Phi) is 6.18. The minimum Gasteiger partial charge on any atom is -0.784 e. The van der Waals surface area contributed by atoms with Gasteiger partial charge in [-0.15, -0.1) is 0 Å². The number of ether oxygens (including phenoxy) is 2. The summed E-state index contributed by atoms with van der Waals surface area (Å²) in [5, 5.41) is 17.0. The normalized spacial score (nSPS) is 21.7. The molecule has 0 spiro atoms. The zero-order valence-corrected chi connectivity index (χ0v) is 24.1. The molecule has 11 heteroatoms. The van der Waals surface area contributed by atoms with Gasteiger partial charge in [0, 0.05) is 33.2 Å². The molecule has 11 nitrogen and oxygen atoms in total. The van der Waals surface area contributed by atoms with Crippen molar-refractivity contribution in [2.45, 2.75) is 70.9 Å². The quantitative estimate of drug-likeness (QED) is 0.358. The van der Waals surface area contributed by atoms with Gasteiger partial charge in [-0.05, 0) is 52.3 Å². The number of nitrogens with one attached hydrogen (secondary N) is 1. The van der Waals surface area contributed by atoms with E-state index in [4.69, 9.17) is 14.5 Å². The lowest BCUT2D eigenvalue weighted by molar-refractivity contribution is -0.189. The number of carbonyl (C=O) groups is 3. The summed E-state index contributed by atoms with van der Waals surface area (Å²) in [4.78, 5) is 57.9. The SMILES string of the molecule is CC[C@@]1(OC(=O)CNC(=O)C2=CC(C)(C)N([O-])C2(C)C)C(=O)OCc2c1cc1n(c2=O)Cc2cc3ccccc3nc2-1. The molecule has 1 atom stereocenters. The Morgan fingerprint density at radius 3 is 2.57 bits per heavy atom. The topological polar surface area (TPSA) is 143 Å². The second-order valence-corrected chi connectivity index (χ2v) is 12.0. The minimum absolute atomic E-state index is 0.00304. The van der Waals surface area contributed by atoms with Crippen molar-refractivity contribution in [2.24, 2.45) is 0 Å². The fourth-order valence-corrected chi connectivity index (χ4v) is 6.32. The Labute approximate surface area is 241 Å². The number of hydroxylamine groups is 2. The zero-order valence-electron chi connectivity index (χ0n) is 24.1. The number of hydrogen-bond acceptors (Lipinski definition) is 9. The molecular weight excluding hydrogens is 540 g/mol. The van der Waals surface area contributed by atoms with Crippen LogP contribution in [0.3, 0.4) is 0 Å². The van der Waals surface area contributed by atoms with E-state index < -0.39 is 41.1 Å². The summed E-state index contributed by atoms with van der Waals surface area (Å²) >= 11 is 0. The smallest absolute Gasteiger partial charge is 0.355 e. The summed E-state index contributed by atoms with van der Waals surface area (Å²) in [7, 11) is 0. The van der Waals surface area contributed by atoms with Crippen LogP contribution in [0.25, 0.3) is 22.3 Å². The van der Waals surface area contributed by atoms with Crippen molar-refractivity contribution >= 4 is 28.7 Å². The average Bonchev–Trinajstić information content (AvgIpc) is 3.39. The number of hydrogen-bond donors (Lipinski definition) is 1. The summed E-state index contributed by atoms with van der Waals surface area (Å²) in [6, 6.07) is 11.3. The summed E-state index contributed by atoms with van der Waals surface area (Å²) in [5.74, 6) is -2.28. The molecular formula is C31H31N4O7-. The number of fused-ring (bicyclic) bond motifs is 5. The molecule has 0 radical (unpaired) electrons.